The molecule has 0 bridgehead atoms. The van der Waals surface area contributed by atoms with E-state index in [4.69, 9.17) is 9.84 Å². The number of aliphatic carboxylic acids is 1. The lowest BCUT2D eigenvalue weighted by Crippen LogP contribution is -2.40. The zero-order valence-corrected chi connectivity index (χ0v) is 10.5. The average molecular weight is 264 g/mol. The van der Waals surface area contributed by atoms with Crippen LogP contribution < -0.4 is 10.2 Å². The largest absolute Gasteiger partial charge is 0.480 e. The van der Waals surface area contributed by atoms with Gasteiger partial charge in [-0.1, -0.05) is 18.2 Å². The van der Waals surface area contributed by atoms with Gasteiger partial charge in [-0.15, -0.1) is 0 Å². The molecule has 2 N–H and O–H groups in total. The number of rotatable bonds is 4. The molecular formula is C13H16N2O4. The Kier molecular flexibility index (Phi) is 4.35. The van der Waals surface area contributed by atoms with Gasteiger partial charge < -0.3 is 20.1 Å². The van der Waals surface area contributed by atoms with Gasteiger partial charge in [0, 0.05) is 17.8 Å². The molecule has 1 amide bonds. The van der Waals surface area contributed by atoms with Crippen molar-refractivity contribution in [3.05, 3.63) is 29.8 Å². The minimum absolute atomic E-state index is 0.133. The smallest absolute Gasteiger partial charge is 0.322 e. The predicted molar refractivity (Wildman–Crippen MR) is 69.0 cm³/mol. The van der Waals surface area contributed by atoms with Crippen LogP contribution in [0.3, 0.4) is 0 Å². The number of anilines is 1. The minimum Gasteiger partial charge on any atom is -0.480 e. The van der Waals surface area contributed by atoms with Gasteiger partial charge in [-0.3, -0.25) is 9.59 Å². The fourth-order valence-corrected chi connectivity index (χ4v) is 1.99. The predicted octanol–water partition coefficient (Wildman–Crippen LogP) is 0.224. The zero-order valence-electron chi connectivity index (χ0n) is 10.5. The maximum absolute atomic E-state index is 11.7. The van der Waals surface area contributed by atoms with E-state index in [2.05, 4.69) is 5.32 Å². The number of nitrogens with zero attached hydrogens (tertiary/aromatic N) is 1. The van der Waals surface area contributed by atoms with Crippen molar-refractivity contribution < 1.29 is 19.4 Å². The molecule has 19 heavy (non-hydrogen) atoms. The lowest BCUT2D eigenvalue weighted by Gasteiger charge is -2.23. The summed E-state index contributed by atoms with van der Waals surface area (Å²) in [7, 11) is 0. The Morgan fingerprint density at radius 3 is 2.95 bits per heavy atom. The number of carbonyl (C=O) groups is 2. The SMILES string of the molecule is O=C(O)CNC(=O)CN1CCOCc2ccccc21. The summed E-state index contributed by atoms with van der Waals surface area (Å²) in [6.07, 6.45) is 0. The fraction of sp³-hybridized carbons (Fsp3) is 0.385. The first-order chi connectivity index (χ1) is 9.16. The number of benzene rings is 1. The van der Waals surface area contributed by atoms with E-state index in [1.165, 1.54) is 0 Å². The Bertz CT molecular complexity index is 475. The van der Waals surface area contributed by atoms with E-state index in [0.29, 0.717) is 19.8 Å². The summed E-state index contributed by atoms with van der Waals surface area (Å²) in [6.45, 7) is 1.46. The Balaban J connectivity index is 2.03. The van der Waals surface area contributed by atoms with Crippen molar-refractivity contribution in [1.29, 1.82) is 0 Å². The van der Waals surface area contributed by atoms with Gasteiger partial charge in [0.2, 0.25) is 5.91 Å². The van der Waals surface area contributed by atoms with E-state index < -0.39 is 5.97 Å². The van der Waals surface area contributed by atoms with Crippen molar-refractivity contribution in [2.24, 2.45) is 0 Å². The highest BCUT2D eigenvalue weighted by Gasteiger charge is 2.17. The van der Waals surface area contributed by atoms with Gasteiger partial charge in [0.05, 0.1) is 19.8 Å². The first-order valence-electron chi connectivity index (χ1n) is 6.06. The van der Waals surface area contributed by atoms with Crippen molar-refractivity contribution in [1.82, 2.24) is 5.32 Å². The number of carboxylic acid groups (broad SMARTS) is 1. The van der Waals surface area contributed by atoms with Crippen molar-refractivity contribution in [3.8, 4) is 0 Å². The molecule has 2 rings (SSSR count). The van der Waals surface area contributed by atoms with E-state index in [1.807, 2.05) is 29.2 Å². The van der Waals surface area contributed by atoms with Crippen molar-refractivity contribution in [2.45, 2.75) is 6.61 Å². The summed E-state index contributed by atoms with van der Waals surface area (Å²) in [6, 6.07) is 7.74. The lowest BCUT2D eigenvalue weighted by atomic mass is 10.1. The van der Waals surface area contributed by atoms with Gasteiger partial charge in [-0.25, -0.2) is 0 Å². The molecule has 0 unspecified atom stereocenters. The van der Waals surface area contributed by atoms with Gasteiger partial charge in [-0.2, -0.15) is 0 Å². The number of fused-ring (bicyclic) bond motifs is 1. The van der Waals surface area contributed by atoms with E-state index in [9.17, 15) is 9.59 Å². The molecule has 1 aliphatic heterocycles. The molecule has 1 aliphatic rings. The van der Waals surface area contributed by atoms with Crippen LogP contribution in [0.25, 0.3) is 0 Å². The molecule has 0 aromatic heterocycles. The first kappa shape index (κ1) is 13.4. The standard InChI is InChI=1S/C13H16N2O4/c16-12(14-7-13(17)18)8-15-5-6-19-9-10-3-1-2-4-11(10)15/h1-4H,5-9H2,(H,14,16)(H,17,18). The molecule has 0 saturated heterocycles. The minimum atomic E-state index is -1.05. The Morgan fingerprint density at radius 2 is 2.16 bits per heavy atom. The lowest BCUT2D eigenvalue weighted by molar-refractivity contribution is -0.137. The Labute approximate surface area is 111 Å². The second kappa shape index (κ2) is 6.19. The number of para-hydroxylation sites is 1. The molecule has 1 heterocycles. The highest BCUT2D eigenvalue weighted by Crippen LogP contribution is 2.23. The molecule has 1 aromatic rings. The fourth-order valence-electron chi connectivity index (χ4n) is 1.99. The van der Waals surface area contributed by atoms with E-state index >= 15 is 0 Å². The quantitative estimate of drug-likeness (QED) is 0.813. The molecule has 0 aliphatic carbocycles. The average Bonchev–Trinajstić information content (AvgIpc) is 2.59. The van der Waals surface area contributed by atoms with Crippen molar-refractivity contribution >= 4 is 17.6 Å². The number of carboxylic acids is 1. The first-order valence-corrected chi connectivity index (χ1v) is 6.06. The highest BCUT2D eigenvalue weighted by molar-refractivity contribution is 5.85. The van der Waals surface area contributed by atoms with E-state index in [1.54, 1.807) is 0 Å². The van der Waals surface area contributed by atoms with E-state index in [0.717, 1.165) is 11.3 Å². The molecule has 0 atom stereocenters. The molecule has 0 spiro atoms. The van der Waals surface area contributed by atoms with Crippen LogP contribution in [0.1, 0.15) is 5.56 Å². The summed E-state index contributed by atoms with van der Waals surface area (Å²) < 4.78 is 5.46. The number of hydrogen-bond donors (Lipinski definition) is 2. The summed E-state index contributed by atoms with van der Waals surface area (Å²) >= 11 is 0. The number of nitrogens with one attached hydrogen (secondary N) is 1. The van der Waals surface area contributed by atoms with Crippen LogP contribution in [-0.4, -0.2) is 43.2 Å². The third kappa shape index (κ3) is 3.69. The molecule has 6 nitrogen and oxygen atoms in total. The van der Waals surface area contributed by atoms with Gasteiger partial charge in [0.1, 0.15) is 6.54 Å². The van der Waals surface area contributed by atoms with Gasteiger partial charge in [0.25, 0.3) is 0 Å². The Morgan fingerprint density at radius 1 is 1.37 bits per heavy atom. The van der Waals surface area contributed by atoms with Gasteiger partial charge in [-0.05, 0) is 6.07 Å². The maximum Gasteiger partial charge on any atom is 0.322 e. The third-order valence-corrected chi connectivity index (χ3v) is 2.87. The Hall–Kier alpha value is -2.08. The number of amides is 1. The summed E-state index contributed by atoms with van der Waals surface area (Å²) in [4.78, 5) is 24.0. The number of ether oxygens (including phenoxy) is 1. The van der Waals surface area contributed by atoms with Crippen LogP contribution in [0.2, 0.25) is 0 Å². The summed E-state index contributed by atoms with van der Waals surface area (Å²) in [5, 5.41) is 10.9. The van der Waals surface area contributed by atoms with Crippen LogP contribution in [0, 0.1) is 0 Å². The zero-order chi connectivity index (χ0) is 13.7. The molecule has 102 valence electrons. The van der Waals surface area contributed by atoms with Crippen LogP contribution in [-0.2, 0) is 20.9 Å². The summed E-state index contributed by atoms with van der Waals surface area (Å²) in [5.41, 5.74) is 2.00. The van der Waals surface area contributed by atoms with Crippen LogP contribution in [0.4, 0.5) is 5.69 Å². The third-order valence-electron chi connectivity index (χ3n) is 2.87. The summed E-state index contributed by atoms with van der Waals surface area (Å²) in [5.74, 6) is -1.35. The maximum atomic E-state index is 11.7. The van der Waals surface area contributed by atoms with Crippen LogP contribution >= 0.6 is 0 Å². The number of hydrogen-bond acceptors (Lipinski definition) is 4. The highest BCUT2D eigenvalue weighted by atomic mass is 16.5. The molecular weight excluding hydrogens is 248 g/mol. The van der Waals surface area contributed by atoms with Crippen LogP contribution in [0.5, 0.6) is 0 Å². The van der Waals surface area contributed by atoms with Crippen LogP contribution in [0.15, 0.2) is 24.3 Å². The second-order valence-electron chi connectivity index (χ2n) is 4.27. The normalized spacial score (nSPS) is 14.4. The topological polar surface area (TPSA) is 78.9 Å². The van der Waals surface area contributed by atoms with Crippen molar-refractivity contribution in [3.63, 3.8) is 0 Å². The number of carbonyl (C=O) groups excluding carboxylic acids is 1. The van der Waals surface area contributed by atoms with E-state index in [-0.39, 0.29) is 19.0 Å². The molecule has 1 aromatic carbocycles. The monoisotopic (exact) mass is 264 g/mol. The van der Waals surface area contributed by atoms with Crippen molar-refractivity contribution in [2.75, 3.05) is 31.1 Å². The van der Waals surface area contributed by atoms with Gasteiger partial charge >= 0.3 is 5.97 Å². The molecule has 0 fully saturated rings. The molecule has 0 radical (unpaired) electrons. The second-order valence-corrected chi connectivity index (χ2v) is 4.27. The van der Waals surface area contributed by atoms with Gasteiger partial charge in [0.15, 0.2) is 0 Å². The molecule has 0 saturated carbocycles. The molecule has 6 heteroatoms.